The highest BCUT2D eigenvalue weighted by Crippen LogP contribution is 2.29. The molecule has 1 amide bonds. The molecule has 0 radical (unpaired) electrons. The van der Waals surface area contributed by atoms with Crippen LogP contribution in [0.3, 0.4) is 0 Å². The molecule has 1 fully saturated rings. The number of furan rings is 1. The average Bonchev–Trinajstić information content (AvgIpc) is 3.25. The smallest absolute Gasteiger partial charge is 0.246 e. The summed E-state index contributed by atoms with van der Waals surface area (Å²) in [5.41, 5.74) is 1.66. The topological polar surface area (TPSA) is 59.5 Å². The Hall–Kier alpha value is -2.34. The number of oxazole rings is 1. The van der Waals surface area contributed by atoms with Crippen molar-refractivity contribution < 1.29 is 13.6 Å². The summed E-state index contributed by atoms with van der Waals surface area (Å²) in [6.45, 7) is 1.37. The van der Waals surface area contributed by atoms with Gasteiger partial charge in [0.05, 0.1) is 5.92 Å². The summed E-state index contributed by atoms with van der Waals surface area (Å²) in [6, 6.07) is 11.4. The molecule has 0 N–H and O–H groups in total. The molecule has 5 nitrogen and oxygen atoms in total. The fourth-order valence-electron chi connectivity index (χ4n) is 3.12. The molecule has 6 heteroatoms. The van der Waals surface area contributed by atoms with Crippen molar-refractivity contribution in [2.45, 2.75) is 18.8 Å². The third-order valence-corrected chi connectivity index (χ3v) is 4.80. The fraction of sp³-hybridized carbons (Fsp3) is 0.263. The van der Waals surface area contributed by atoms with Crippen molar-refractivity contribution in [3.05, 3.63) is 58.8 Å². The van der Waals surface area contributed by atoms with Gasteiger partial charge in [-0.15, -0.1) is 0 Å². The molecule has 1 aromatic carbocycles. The molecule has 1 saturated heterocycles. The zero-order chi connectivity index (χ0) is 17.2. The molecule has 3 aromatic rings. The summed E-state index contributed by atoms with van der Waals surface area (Å²) in [4.78, 5) is 18.9. The lowest BCUT2D eigenvalue weighted by Gasteiger charge is -2.30. The number of piperidine rings is 1. The van der Waals surface area contributed by atoms with Crippen molar-refractivity contribution in [2.24, 2.45) is 0 Å². The number of benzene rings is 1. The molecular weight excluding hydrogens is 384 g/mol. The van der Waals surface area contributed by atoms with Crippen LogP contribution in [0.25, 0.3) is 17.2 Å². The number of para-hydroxylation sites is 2. The summed E-state index contributed by atoms with van der Waals surface area (Å²) in [7, 11) is 0. The van der Waals surface area contributed by atoms with Gasteiger partial charge in [-0.2, -0.15) is 0 Å². The third kappa shape index (κ3) is 3.54. The Kier molecular flexibility index (Phi) is 4.44. The highest BCUT2D eigenvalue weighted by atomic mass is 79.9. The first-order chi connectivity index (χ1) is 12.2. The maximum absolute atomic E-state index is 12.5. The minimum absolute atomic E-state index is 0.0201. The Labute approximate surface area is 153 Å². The normalized spacial score (nSPS) is 18.3. The molecule has 0 unspecified atom stereocenters. The van der Waals surface area contributed by atoms with Gasteiger partial charge in [-0.1, -0.05) is 12.1 Å². The molecule has 1 atom stereocenters. The number of halogens is 1. The Morgan fingerprint density at radius 1 is 1.24 bits per heavy atom. The maximum Gasteiger partial charge on any atom is 0.246 e. The van der Waals surface area contributed by atoms with E-state index in [-0.39, 0.29) is 11.8 Å². The molecular formula is C19H17BrN2O3. The number of likely N-dealkylation sites (tertiary alicyclic amines) is 1. The van der Waals surface area contributed by atoms with Gasteiger partial charge in [0.25, 0.3) is 0 Å². The van der Waals surface area contributed by atoms with Crippen LogP contribution in [-0.4, -0.2) is 28.9 Å². The first-order valence-electron chi connectivity index (χ1n) is 8.27. The molecule has 4 rings (SSSR count). The number of nitrogens with zero attached hydrogens (tertiary/aromatic N) is 2. The standard InChI is InChI=1S/C19H17BrN2O3/c20-17-9-7-14(24-17)8-10-18(23)22-11-3-4-13(12-22)19-21-15-5-1-2-6-16(15)25-19/h1-2,5-10,13H,3-4,11-12H2/b10-8-/t13-/m1/s1. The first-order valence-corrected chi connectivity index (χ1v) is 9.06. The summed E-state index contributed by atoms with van der Waals surface area (Å²) >= 11 is 3.25. The number of carbonyl (C=O) groups excluding carboxylic acids is 1. The zero-order valence-electron chi connectivity index (χ0n) is 13.5. The van der Waals surface area contributed by atoms with Gasteiger partial charge >= 0.3 is 0 Å². The van der Waals surface area contributed by atoms with E-state index >= 15 is 0 Å². The van der Waals surface area contributed by atoms with Gasteiger partial charge in [-0.3, -0.25) is 4.79 Å². The van der Waals surface area contributed by atoms with E-state index in [4.69, 9.17) is 8.83 Å². The van der Waals surface area contributed by atoms with Gasteiger partial charge in [-0.05, 0) is 59.1 Å². The number of hydrogen-bond acceptors (Lipinski definition) is 4. The predicted octanol–water partition coefficient (Wildman–Crippen LogP) is 4.60. The van der Waals surface area contributed by atoms with Gasteiger partial charge < -0.3 is 13.7 Å². The SMILES string of the molecule is O=C(/C=C\c1ccc(Br)o1)N1CCC[C@@H](c2nc3ccccc3o2)C1. The van der Waals surface area contributed by atoms with Gasteiger partial charge in [0.15, 0.2) is 16.1 Å². The second kappa shape index (κ2) is 6.88. The summed E-state index contributed by atoms with van der Waals surface area (Å²) in [5.74, 6) is 1.48. The van der Waals surface area contributed by atoms with Crippen molar-refractivity contribution in [1.29, 1.82) is 0 Å². The molecule has 3 heterocycles. The minimum Gasteiger partial charge on any atom is -0.450 e. The number of aromatic nitrogens is 1. The van der Waals surface area contributed by atoms with Crippen LogP contribution in [0.15, 0.2) is 56.0 Å². The van der Waals surface area contributed by atoms with E-state index in [9.17, 15) is 4.79 Å². The molecule has 1 aliphatic rings. The number of fused-ring (bicyclic) bond motifs is 1. The highest BCUT2D eigenvalue weighted by molar-refractivity contribution is 9.10. The second-order valence-electron chi connectivity index (χ2n) is 6.12. The quantitative estimate of drug-likeness (QED) is 0.602. The van der Waals surface area contributed by atoms with Crippen molar-refractivity contribution in [3.63, 3.8) is 0 Å². The fourth-order valence-corrected chi connectivity index (χ4v) is 3.44. The predicted molar refractivity (Wildman–Crippen MR) is 98.0 cm³/mol. The van der Waals surface area contributed by atoms with Gasteiger partial charge in [-0.25, -0.2) is 4.98 Å². The summed E-state index contributed by atoms with van der Waals surface area (Å²) < 4.78 is 11.9. The van der Waals surface area contributed by atoms with Crippen LogP contribution < -0.4 is 0 Å². The van der Waals surface area contributed by atoms with Crippen LogP contribution in [0.4, 0.5) is 0 Å². The molecule has 0 aliphatic carbocycles. The van der Waals surface area contributed by atoms with E-state index in [1.807, 2.05) is 35.2 Å². The van der Waals surface area contributed by atoms with Gasteiger partial charge in [0, 0.05) is 19.2 Å². The average molecular weight is 401 g/mol. The van der Waals surface area contributed by atoms with E-state index in [0.717, 1.165) is 36.4 Å². The van der Waals surface area contributed by atoms with Crippen LogP contribution in [-0.2, 0) is 4.79 Å². The molecule has 128 valence electrons. The van der Waals surface area contributed by atoms with E-state index < -0.39 is 0 Å². The van der Waals surface area contributed by atoms with Crippen molar-refractivity contribution >= 4 is 39.0 Å². The minimum atomic E-state index is -0.0201. The Morgan fingerprint density at radius 3 is 2.92 bits per heavy atom. The van der Waals surface area contributed by atoms with E-state index in [0.29, 0.717) is 17.0 Å². The Bertz CT molecular complexity index is 895. The number of hydrogen-bond donors (Lipinski definition) is 0. The number of rotatable bonds is 3. The largest absolute Gasteiger partial charge is 0.450 e. The summed E-state index contributed by atoms with van der Waals surface area (Å²) in [5, 5.41) is 0. The zero-order valence-corrected chi connectivity index (χ0v) is 15.1. The van der Waals surface area contributed by atoms with Crippen molar-refractivity contribution in [1.82, 2.24) is 9.88 Å². The first kappa shape index (κ1) is 16.1. The van der Waals surface area contributed by atoms with Gasteiger partial charge in [0.1, 0.15) is 11.3 Å². The maximum atomic E-state index is 12.5. The Balaban J connectivity index is 1.46. The molecule has 0 spiro atoms. The second-order valence-corrected chi connectivity index (χ2v) is 6.90. The number of amides is 1. The molecule has 0 saturated carbocycles. The lowest BCUT2D eigenvalue weighted by Crippen LogP contribution is -2.38. The molecule has 2 aromatic heterocycles. The molecule has 25 heavy (non-hydrogen) atoms. The van der Waals surface area contributed by atoms with Crippen LogP contribution in [0, 0.1) is 0 Å². The van der Waals surface area contributed by atoms with Crippen LogP contribution in [0.2, 0.25) is 0 Å². The number of carbonyl (C=O) groups is 1. The van der Waals surface area contributed by atoms with Crippen molar-refractivity contribution in [2.75, 3.05) is 13.1 Å². The van der Waals surface area contributed by atoms with E-state index in [1.165, 1.54) is 0 Å². The van der Waals surface area contributed by atoms with E-state index in [2.05, 4.69) is 20.9 Å². The van der Waals surface area contributed by atoms with E-state index in [1.54, 1.807) is 18.2 Å². The monoisotopic (exact) mass is 400 g/mol. The Morgan fingerprint density at radius 2 is 2.12 bits per heavy atom. The lowest BCUT2D eigenvalue weighted by molar-refractivity contribution is -0.127. The highest BCUT2D eigenvalue weighted by Gasteiger charge is 2.27. The van der Waals surface area contributed by atoms with Crippen LogP contribution in [0.5, 0.6) is 0 Å². The lowest BCUT2D eigenvalue weighted by atomic mass is 9.98. The van der Waals surface area contributed by atoms with Gasteiger partial charge in [0.2, 0.25) is 5.91 Å². The molecule has 1 aliphatic heterocycles. The van der Waals surface area contributed by atoms with Crippen LogP contribution in [0.1, 0.15) is 30.4 Å². The van der Waals surface area contributed by atoms with Crippen molar-refractivity contribution in [3.8, 4) is 0 Å². The third-order valence-electron chi connectivity index (χ3n) is 4.38. The molecule has 0 bridgehead atoms. The van der Waals surface area contributed by atoms with Crippen LogP contribution >= 0.6 is 15.9 Å². The summed E-state index contributed by atoms with van der Waals surface area (Å²) in [6.07, 6.45) is 5.16.